The van der Waals surface area contributed by atoms with Crippen molar-refractivity contribution in [1.82, 2.24) is 4.98 Å². The van der Waals surface area contributed by atoms with Crippen LogP contribution in [0.3, 0.4) is 0 Å². The number of ether oxygens (including phenoxy) is 1. The predicted molar refractivity (Wildman–Crippen MR) is 60.1 cm³/mol. The maximum absolute atomic E-state index is 9.88. The minimum Gasteiger partial charge on any atom is -0.495 e. The Bertz CT molecular complexity index is 480. The van der Waals surface area contributed by atoms with E-state index in [1.165, 1.54) is 0 Å². The number of H-pyrrole nitrogens is 1. The maximum Gasteiger partial charge on any atom is 0.142 e. The molecule has 1 aromatic heterocycles. The van der Waals surface area contributed by atoms with E-state index < -0.39 is 5.60 Å². The van der Waals surface area contributed by atoms with Gasteiger partial charge in [-0.1, -0.05) is 12.1 Å². The fourth-order valence-electron chi connectivity index (χ4n) is 1.63. The molecular weight excluding hydrogens is 190 g/mol. The Balaban J connectivity index is 2.65. The minimum atomic E-state index is -0.857. The molecule has 0 atom stereocenters. The third-order valence-corrected chi connectivity index (χ3v) is 2.50. The van der Waals surface area contributed by atoms with E-state index in [9.17, 15) is 5.11 Å². The van der Waals surface area contributed by atoms with Crippen LogP contribution in [0.15, 0.2) is 24.3 Å². The van der Waals surface area contributed by atoms with Crippen LogP contribution in [0.5, 0.6) is 5.75 Å². The molecule has 3 heteroatoms. The average Bonchev–Trinajstić information content (AvgIpc) is 2.59. The standard InChI is InChI=1S/C12H15NO2/c1-12(2,14)10-7-8-5-4-6-9(15-3)11(8)13-10/h4-7,13-14H,1-3H3. The molecule has 0 bridgehead atoms. The number of para-hydroxylation sites is 1. The smallest absolute Gasteiger partial charge is 0.142 e. The van der Waals surface area contributed by atoms with Crippen LogP contribution in [0.1, 0.15) is 19.5 Å². The zero-order valence-electron chi connectivity index (χ0n) is 9.16. The van der Waals surface area contributed by atoms with E-state index in [0.29, 0.717) is 0 Å². The zero-order valence-corrected chi connectivity index (χ0v) is 9.16. The van der Waals surface area contributed by atoms with Gasteiger partial charge in [0.1, 0.15) is 5.75 Å². The molecule has 15 heavy (non-hydrogen) atoms. The van der Waals surface area contributed by atoms with E-state index in [0.717, 1.165) is 22.3 Å². The van der Waals surface area contributed by atoms with Gasteiger partial charge in [-0.15, -0.1) is 0 Å². The summed E-state index contributed by atoms with van der Waals surface area (Å²) in [5.74, 6) is 0.794. The Morgan fingerprint density at radius 3 is 2.67 bits per heavy atom. The van der Waals surface area contributed by atoms with Crippen LogP contribution in [0.4, 0.5) is 0 Å². The van der Waals surface area contributed by atoms with Crippen LogP contribution in [0.2, 0.25) is 0 Å². The van der Waals surface area contributed by atoms with Gasteiger partial charge < -0.3 is 14.8 Å². The topological polar surface area (TPSA) is 45.2 Å². The zero-order chi connectivity index (χ0) is 11.1. The molecule has 0 fully saturated rings. The van der Waals surface area contributed by atoms with Gasteiger partial charge >= 0.3 is 0 Å². The van der Waals surface area contributed by atoms with Crippen LogP contribution in [-0.2, 0) is 5.60 Å². The van der Waals surface area contributed by atoms with Gasteiger partial charge in [0.2, 0.25) is 0 Å². The molecule has 3 nitrogen and oxygen atoms in total. The molecule has 0 saturated heterocycles. The number of methoxy groups -OCH3 is 1. The molecule has 2 rings (SSSR count). The summed E-state index contributed by atoms with van der Waals surface area (Å²) >= 11 is 0. The Labute approximate surface area is 88.7 Å². The van der Waals surface area contributed by atoms with Crippen LogP contribution < -0.4 is 4.74 Å². The first-order valence-corrected chi connectivity index (χ1v) is 4.91. The van der Waals surface area contributed by atoms with Gasteiger partial charge in [-0.3, -0.25) is 0 Å². The van der Waals surface area contributed by atoms with Gasteiger partial charge in [0.25, 0.3) is 0 Å². The number of hydrogen-bond donors (Lipinski definition) is 2. The molecular formula is C12H15NO2. The van der Waals surface area contributed by atoms with Gasteiger partial charge in [-0.2, -0.15) is 0 Å². The lowest BCUT2D eigenvalue weighted by Gasteiger charge is -2.14. The molecule has 1 aromatic carbocycles. The van der Waals surface area contributed by atoms with Crippen molar-refractivity contribution in [1.29, 1.82) is 0 Å². The van der Waals surface area contributed by atoms with E-state index in [1.807, 2.05) is 24.3 Å². The quantitative estimate of drug-likeness (QED) is 0.790. The minimum absolute atomic E-state index is 0.794. The van der Waals surface area contributed by atoms with Gasteiger partial charge in [-0.05, 0) is 26.0 Å². The monoisotopic (exact) mass is 205 g/mol. The molecule has 2 N–H and O–H groups in total. The fourth-order valence-corrected chi connectivity index (χ4v) is 1.63. The summed E-state index contributed by atoms with van der Waals surface area (Å²) in [6.07, 6.45) is 0. The van der Waals surface area contributed by atoms with E-state index >= 15 is 0 Å². The summed E-state index contributed by atoms with van der Waals surface area (Å²) < 4.78 is 5.24. The second-order valence-corrected chi connectivity index (χ2v) is 4.17. The number of benzene rings is 1. The van der Waals surface area contributed by atoms with Crippen molar-refractivity contribution in [3.05, 3.63) is 30.0 Å². The Morgan fingerprint density at radius 2 is 2.07 bits per heavy atom. The molecule has 0 amide bonds. The van der Waals surface area contributed by atoms with Gasteiger partial charge in [-0.25, -0.2) is 0 Å². The Morgan fingerprint density at radius 1 is 1.33 bits per heavy atom. The van der Waals surface area contributed by atoms with Crippen molar-refractivity contribution < 1.29 is 9.84 Å². The highest BCUT2D eigenvalue weighted by Crippen LogP contribution is 2.29. The number of aliphatic hydroxyl groups is 1. The summed E-state index contributed by atoms with van der Waals surface area (Å²) in [5, 5.41) is 10.9. The van der Waals surface area contributed by atoms with Gasteiger partial charge in [0.15, 0.2) is 0 Å². The predicted octanol–water partition coefficient (Wildman–Crippen LogP) is 2.40. The molecule has 0 aliphatic carbocycles. The normalized spacial score (nSPS) is 12.0. The molecule has 0 spiro atoms. The Kier molecular flexibility index (Phi) is 2.20. The van der Waals surface area contributed by atoms with Crippen LogP contribution in [-0.4, -0.2) is 17.2 Å². The van der Waals surface area contributed by atoms with E-state index in [4.69, 9.17) is 4.74 Å². The molecule has 80 valence electrons. The highest BCUT2D eigenvalue weighted by molar-refractivity contribution is 5.86. The molecule has 2 aromatic rings. The van der Waals surface area contributed by atoms with Crippen LogP contribution >= 0.6 is 0 Å². The summed E-state index contributed by atoms with van der Waals surface area (Å²) in [6, 6.07) is 7.76. The fraction of sp³-hybridized carbons (Fsp3) is 0.333. The van der Waals surface area contributed by atoms with E-state index in [-0.39, 0.29) is 0 Å². The van der Waals surface area contributed by atoms with Crippen molar-refractivity contribution in [2.75, 3.05) is 7.11 Å². The first kappa shape index (κ1) is 10.1. The maximum atomic E-state index is 9.88. The summed E-state index contributed by atoms with van der Waals surface area (Å²) in [5.41, 5.74) is 0.864. The first-order chi connectivity index (χ1) is 7.02. The van der Waals surface area contributed by atoms with Crippen molar-refractivity contribution in [2.24, 2.45) is 0 Å². The first-order valence-electron chi connectivity index (χ1n) is 4.91. The van der Waals surface area contributed by atoms with Crippen LogP contribution in [0.25, 0.3) is 10.9 Å². The molecule has 0 radical (unpaired) electrons. The van der Waals surface area contributed by atoms with Crippen molar-refractivity contribution in [2.45, 2.75) is 19.4 Å². The second kappa shape index (κ2) is 3.28. The van der Waals surface area contributed by atoms with Crippen molar-refractivity contribution >= 4 is 10.9 Å². The van der Waals surface area contributed by atoms with Gasteiger partial charge in [0, 0.05) is 11.1 Å². The Hall–Kier alpha value is -1.48. The molecule has 0 aliphatic rings. The van der Waals surface area contributed by atoms with Gasteiger partial charge in [0.05, 0.1) is 18.2 Å². The number of fused-ring (bicyclic) bond motifs is 1. The molecule has 0 unspecified atom stereocenters. The number of rotatable bonds is 2. The lowest BCUT2D eigenvalue weighted by Crippen LogP contribution is -2.15. The number of nitrogens with one attached hydrogen (secondary N) is 1. The lowest BCUT2D eigenvalue weighted by molar-refractivity contribution is 0.0746. The van der Waals surface area contributed by atoms with Crippen LogP contribution in [0, 0.1) is 0 Å². The number of hydrogen-bond acceptors (Lipinski definition) is 2. The number of aromatic amines is 1. The highest BCUT2D eigenvalue weighted by atomic mass is 16.5. The molecule has 0 aliphatic heterocycles. The third-order valence-electron chi connectivity index (χ3n) is 2.50. The SMILES string of the molecule is COc1cccc2cc(C(C)(C)O)[nH]c12. The van der Waals surface area contributed by atoms with E-state index in [2.05, 4.69) is 4.98 Å². The third kappa shape index (κ3) is 1.70. The molecule has 1 heterocycles. The second-order valence-electron chi connectivity index (χ2n) is 4.17. The lowest BCUT2D eigenvalue weighted by atomic mass is 10.1. The summed E-state index contributed by atoms with van der Waals surface area (Å²) in [7, 11) is 1.64. The summed E-state index contributed by atoms with van der Waals surface area (Å²) in [6.45, 7) is 3.51. The van der Waals surface area contributed by atoms with Crippen molar-refractivity contribution in [3.8, 4) is 5.75 Å². The number of aromatic nitrogens is 1. The average molecular weight is 205 g/mol. The highest BCUT2D eigenvalue weighted by Gasteiger charge is 2.19. The van der Waals surface area contributed by atoms with Crippen molar-refractivity contribution in [3.63, 3.8) is 0 Å². The largest absolute Gasteiger partial charge is 0.495 e. The van der Waals surface area contributed by atoms with E-state index in [1.54, 1.807) is 21.0 Å². The summed E-state index contributed by atoms with van der Waals surface area (Å²) in [4.78, 5) is 3.18. The molecule has 0 saturated carbocycles.